The number of fused-ring (bicyclic) bond motifs is 1. The van der Waals surface area contributed by atoms with Gasteiger partial charge in [0.05, 0.1) is 14.2 Å². The molecule has 2 atom stereocenters. The number of aliphatic hydroxyl groups is 1. The van der Waals surface area contributed by atoms with Gasteiger partial charge in [-0.15, -0.1) is 11.8 Å². The molecule has 0 fully saturated rings. The second-order valence-electron chi connectivity index (χ2n) is 8.12. The molecule has 0 saturated heterocycles. The Balaban J connectivity index is 1.58. The number of thioether (sulfide) groups is 1. The summed E-state index contributed by atoms with van der Waals surface area (Å²) in [7, 11) is 3.35. The Bertz CT molecular complexity index is 811. The molecule has 0 radical (unpaired) electrons. The minimum Gasteiger partial charge on any atom is -0.493 e. The van der Waals surface area contributed by atoms with E-state index in [1.54, 1.807) is 14.2 Å². The van der Waals surface area contributed by atoms with Crippen LogP contribution in [0, 0.1) is 5.92 Å². The van der Waals surface area contributed by atoms with Crippen LogP contribution in [-0.4, -0.2) is 38.2 Å². The lowest BCUT2D eigenvalue weighted by Crippen LogP contribution is -2.18. The summed E-state index contributed by atoms with van der Waals surface area (Å²) in [5.74, 6) is 3.77. The van der Waals surface area contributed by atoms with Crippen LogP contribution in [-0.2, 0) is 12.8 Å². The summed E-state index contributed by atoms with van der Waals surface area (Å²) in [6, 6.07) is 13.2. The fourth-order valence-electron chi connectivity index (χ4n) is 4.29. The second kappa shape index (κ2) is 11.6. The van der Waals surface area contributed by atoms with E-state index in [1.165, 1.54) is 28.0 Å². The number of hydrogen-bond donors (Lipinski definition) is 2. The molecule has 0 saturated carbocycles. The van der Waals surface area contributed by atoms with E-state index >= 15 is 0 Å². The monoisotopic (exact) mass is 429 g/mol. The third-order valence-corrected chi connectivity index (χ3v) is 7.34. The lowest BCUT2D eigenvalue weighted by Gasteiger charge is -2.26. The molecule has 2 aromatic rings. The Morgan fingerprint density at radius 3 is 2.63 bits per heavy atom. The molecule has 0 amide bonds. The van der Waals surface area contributed by atoms with Gasteiger partial charge in [-0.25, -0.2) is 0 Å². The van der Waals surface area contributed by atoms with Gasteiger partial charge < -0.3 is 20.3 Å². The average Bonchev–Trinajstić information content (AvgIpc) is 2.80. The molecule has 1 aliphatic carbocycles. The van der Waals surface area contributed by atoms with E-state index in [1.807, 2.05) is 17.8 Å². The number of aryl methyl sites for hydroxylation is 1. The van der Waals surface area contributed by atoms with Crippen molar-refractivity contribution in [3.63, 3.8) is 0 Å². The van der Waals surface area contributed by atoms with E-state index < -0.39 is 0 Å². The predicted octanol–water partition coefficient (Wildman–Crippen LogP) is 4.81. The van der Waals surface area contributed by atoms with Crippen LogP contribution in [0.1, 0.15) is 48.3 Å². The van der Waals surface area contributed by atoms with Crippen LogP contribution >= 0.6 is 11.8 Å². The van der Waals surface area contributed by atoms with Crippen molar-refractivity contribution in [2.45, 2.75) is 49.3 Å². The first-order valence-corrected chi connectivity index (χ1v) is 11.9. The Labute approximate surface area is 185 Å². The molecule has 3 N–H and O–H groups in total. The summed E-state index contributed by atoms with van der Waals surface area (Å²) < 4.78 is 10.8. The van der Waals surface area contributed by atoms with Gasteiger partial charge in [0.1, 0.15) is 0 Å². The molecule has 3 rings (SSSR count). The number of aliphatic hydroxyl groups excluding tert-OH is 1. The van der Waals surface area contributed by atoms with Gasteiger partial charge in [-0.05, 0) is 85.4 Å². The van der Waals surface area contributed by atoms with E-state index in [9.17, 15) is 0 Å². The molecule has 0 heterocycles. The summed E-state index contributed by atoms with van der Waals surface area (Å²) >= 11 is 1.90. The standard InChI is InChI=1S/C25H35NO3S/c1-28-24-11-10-23(15-25(24)29-2)30-17-18-6-7-20-14-21(9-8-19(20)13-18)22(16-26)5-3-4-12-27/h8-11,14-15,18,22,27H,3-7,12-13,16-17,26H2,1-2H3/t18-,22+/m1/s1. The third-order valence-electron chi connectivity index (χ3n) is 6.12. The van der Waals surface area contributed by atoms with Crippen molar-refractivity contribution in [2.24, 2.45) is 11.7 Å². The summed E-state index contributed by atoms with van der Waals surface area (Å²) in [5, 5.41) is 9.03. The van der Waals surface area contributed by atoms with Crippen LogP contribution in [0.15, 0.2) is 41.3 Å². The maximum absolute atomic E-state index is 9.03. The van der Waals surface area contributed by atoms with Gasteiger partial charge >= 0.3 is 0 Å². The molecular weight excluding hydrogens is 394 g/mol. The van der Waals surface area contributed by atoms with Gasteiger partial charge in [-0.1, -0.05) is 24.6 Å². The van der Waals surface area contributed by atoms with Crippen molar-refractivity contribution in [3.8, 4) is 11.5 Å². The quantitative estimate of drug-likeness (QED) is 0.397. The first-order valence-electron chi connectivity index (χ1n) is 11.0. The highest BCUT2D eigenvalue weighted by Crippen LogP contribution is 2.35. The lowest BCUT2D eigenvalue weighted by atomic mass is 9.82. The highest BCUT2D eigenvalue weighted by atomic mass is 32.2. The maximum Gasteiger partial charge on any atom is 0.161 e. The summed E-state index contributed by atoms with van der Waals surface area (Å²) in [5.41, 5.74) is 10.4. The SMILES string of the molecule is COc1ccc(SC[C@@H]2CCc3cc([C@H](CN)CCCCO)ccc3C2)cc1OC. The molecule has 2 aromatic carbocycles. The first-order chi connectivity index (χ1) is 14.7. The van der Waals surface area contributed by atoms with E-state index in [-0.39, 0.29) is 6.61 Å². The van der Waals surface area contributed by atoms with Crippen molar-refractivity contribution in [1.29, 1.82) is 0 Å². The first kappa shape index (κ1) is 23.0. The normalized spacial score (nSPS) is 16.7. The van der Waals surface area contributed by atoms with Crippen molar-refractivity contribution in [3.05, 3.63) is 53.1 Å². The minimum absolute atomic E-state index is 0.268. The zero-order valence-electron chi connectivity index (χ0n) is 18.2. The van der Waals surface area contributed by atoms with Gasteiger partial charge in [-0.3, -0.25) is 0 Å². The van der Waals surface area contributed by atoms with E-state index in [0.717, 1.165) is 49.4 Å². The summed E-state index contributed by atoms with van der Waals surface area (Å²) in [6.07, 6.45) is 6.47. The molecule has 30 heavy (non-hydrogen) atoms. The summed E-state index contributed by atoms with van der Waals surface area (Å²) in [6.45, 7) is 0.943. The molecule has 1 aliphatic rings. The fourth-order valence-corrected chi connectivity index (χ4v) is 5.36. The number of hydrogen-bond acceptors (Lipinski definition) is 5. The Morgan fingerprint density at radius 1 is 1.07 bits per heavy atom. The van der Waals surface area contributed by atoms with Crippen LogP contribution < -0.4 is 15.2 Å². The topological polar surface area (TPSA) is 64.7 Å². The smallest absolute Gasteiger partial charge is 0.161 e. The molecule has 0 aromatic heterocycles. The number of rotatable bonds is 11. The van der Waals surface area contributed by atoms with Crippen LogP contribution in [0.2, 0.25) is 0 Å². The number of methoxy groups -OCH3 is 2. The van der Waals surface area contributed by atoms with Crippen LogP contribution in [0.3, 0.4) is 0 Å². The van der Waals surface area contributed by atoms with Crippen LogP contribution in [0.5, 0.6) is 11.5 Å². The van der Waals surface area contributed by atoms with E-state index in [4.69, 9.17) is 20.3 Å². The van der Waals surface area contributed by atoms with Crippen molar-refractivity contribution in [2.75, 3.05) is 33.1 Å². The molecule has 0 aliphatic heterocycles. The molecule has 5 heteroatoms. The number of ether oxygens (including phenoxy) is 2. The number of benzene rings is 2. The molecule has 0 spiro atoms. The fraction of sp³-hybridized carbons (Fsp3) is 0.520. The van der Waals surface area contributed by atoms with E-state index in [0.29, 0.717) is 18.4 Å². The Hall–Kier alpha value is -1.69. The Kier molecular flexibility index (Phi) is 8.91. The Morgan fingerprint density at radius 2 is 1.90 bits per heavy atom. The summed E-state index contributed by atoms with van der Waals surface area (Å²) in [4.78, 5) is 1.22. The molecular formula is C25H35NO3S. The highest BCUT2D eigenvalue weighted by molar-refractivity contribution is 7.99. The van der Waals surface area contributed by atoms with Gasteiger partial charge in [0.25, 0.3) is 0 Å². The molecule has 0 unspecified atom stereocenters. The van der Waals surface area contributed by atoms with Crippen molar-refractivity contribution >= 4 is 11.8 Å². The van der Waals surface area contributed by atoms with Gasteiger partial charge in [0, 0.05) is 17.3 Å². The van der Waals surface area contributed by atoms with Gasteiger partial charge in [0.15, 0.2) is 11.5 Å². The van der Waals surface area contributed by atoms with Gasteiger partial charge in [-0.2, -0.15) is 0 Å². The largest absolute Gasteiger partial charge is 0.493 e. The van der Waals surface area contributed by atoms with E-state index in [2.05, 4.69) is 30.3 Å². The van der Waals surface area contributed by atoms with Crippen molar-refractivity contribution in [1.82, 2.24) is 0 Å². The zero-order chi connectivity index (χ0) is 21.3. The van der Waals surface area contributed by atoms with Crippen molar-refractivity contribution < 1.29 is 14.6 Å². The van der Waals surface area contributed by atoms with Gasteiger partial charge in [0.2, 0.25) is 0 Å². The van der Waals surface area contributed by atoms with Crippen LogP contribution in [0.4, 0.5) is 0 Å². The van der Waals surface area contributed by atoms with Crippen LogP contribution in [0.25, 0.3) is 0 Å². The maximum atomic E-state index is 9.03. The lowest BCUT2D eigenvalue weighted by molar-refractivity contribution is 0.281. The predicted molar refractivity (Wildman–Crippen MR) is 125 cm³/mol. The highest BCUT2D eigenvalue weighted by Gasteiger charge is 2.21. The second-order valence-corrected chi connectivity index (χ2v) is 9.21. The number of unbranched alkanes of at least 4 members (excludes halogenated alkanes) is 1. The molecule has 0 bridgehead atoms. The average molecular weight is 430 g/mol. The molecule has 4 nitrogen and oxygen atoms in total. The zero-order valence-corrected chi connectivity index (χ0v) is 19.0. The third kappa shape index (κ3) is 5.93. The minimum atomic E-state index is 0.268. The number of nitrogens with two attached hydrogens (primary N) is 1. The molecule has 164 valence electrons.